The molecule has 3 aromatic heterocycles. The lowest BCUT2D eigenvalue weighted by Gasteiger charge is -2.25. The topological polar surface area (TPSA) is 42.7 Å². The number of anilines is 3. The van der Waals surface area contributed by atoms with Gasteiger partial charge in [-0.15, -0.1) is 0 Å². The number of hydrogen-bond acceptors (Lipinski definition) is 4. The minimum atomic E-state index is 0.838. The van der Waals surface area contributed by atoms with Crippen molar-refractivity contribution in [2.24, 2.45) is 0 Å². The fraction of sp³-hybridized carbons (Fsp3) is 0. The predicted octanol–water partition coefficient (Wildman–Crippen LogP) is 14.2. The molecule has 0 unspecified atom stereocenters. The van der Waals surface area contributed by atoms with Crippen molar-refractivity contribution in [3.63, 3.8) is 0 Å². The van der Waals surface area contributed by atoms with E-state index in [0.717, 1.165) is 105 Å². The molecule has 0 amide bonds. The Labute approximate surface area is 298 Å². The van der Waals surface area contributed by atoms with Gasteiger partial charge in [0.05, 0.1) is 0 Å². The summed E-state index contributed by atoms with van der Waals surface area (Å²) in [5, 5.41) is 6.48. The summed E-state index contributed by atoms with van der Waals surface area (Å²) >= 11 is 0. The van der Waals surface area contributed by atoms with Gasteiger partial charge in [0, 0.05) is 60.5 Å². The summed E-state index contributed by atoms with van der Waals surface area (Å²) < 4.78 is 19.6. The molecule has 0 atom stereocenters. The second-order valence-corrected chi connectivity index (χ2v) is 13.2. The molecule has 0 aliphatic rings. The molecular formula is C48H29NO3. The van der Waals surface area contributed by atoms with Crippen LogP contribution in [0.3, 0.4) is 0 Å². The Balaban J connectivity index is 1.09. The van der Waals surface area contributed by atoms with Gasteiger partial charge >= 0.3 is 0 Å². The summed E-state index contributed by atoms with van der Waals surface area (Å²) in [6.45, 7) is 0. The average molecular weight is 668 g/mol. The number of para-hydroxylation sites is 5. The first-order valence-electron chi connectivity index (χ1n) is 17.5. The second-order valence-electron chi connectivity index (χ2n) is 13.2. The van der Waals surface area contributed by atoms with E-state index in [0.29, 0.717) is 0 Å². The van der Waals surface area contributed by atoms with Crippen molar-refractivity contribution in [2.75, 3.05) is 4.90 Å². The summed E-state index contributed by atoms with van der Waals surface area (Å²) in [5.74, 6) is 0. The number of hydrogen-bond donors (Lipinski definition) is 0. The van der Waals surface area contributed by atoms with Gasteiger partial charge in [-0.1, -0.05) is 109 Å². The molecule has 8 aromatic carbocycles. The highest BCUT2D eigenvalue weighted by atomic mass is 16.3. The molecule has 244 valence electrons. The Morgan fingerprint density at radius 2 is 0.865 bits per heavy atom. The second kappa shape index (κ2) is 11.2. The van der Waals surface area contributed by atoms with Gasteiger partial charge < -0.3 is 18.2 Å². The largest absolute Gasteiger partial charge is 0.456 e. The molecule has 4 heteroatoms. The molecule has 0 N–H and O–H groups in total. The van der Waals surface area contributed by atoms with Crippen LogP contribution in [0.2, 0.25) is 0 Å². The zero-order valence-corrected chi connectivity index (χ0v) is 27.9. The van der Waals surface area contributed by atoms with Gasteiger partial charge in [-0.25, -0.2) is 0 Å². The highest BCUT2D eigenvalue weighted by molar-refractivity contribution is 6.18. The van der Waals surface area contributed by atoms with Crippen LogP contribution in [0.1, 0.15) is 0 Å². The monoisotopic (exact) mass is 667 g/mol. The summed E-state index contributed by atoms with van der Waals surface area (Å²) in [4.78, 5) is 2.28. The number of rotatable bonds is 5. The van der Waals surface area contributed by atoms with E-state index < -0.39 is 0 Å². The molecule has 4 nitrogen and oxygen atoms in total. The standard InChI is InChI=1S/C48H29NO3/c1-3-12-31(13-4-1)49(32-14-5-2-6-15-32)33-25-27-44-41(29-33)46-36(18-11-23-45(46)50-44)38-20-10-21-39-40-28-30(24-26-43(40)52-48(38)39)34-17-9-19-37-35-16-7-8-22-42(35)51-47(34)37/h1-29H. The molecule has 0 aliphatic carbocycles. The molecule has 0 aliphatic heterocycles. The van der Waals surface area contributed by atoms with E-state index in [2.05, 4.69) is 150 Å². The van der Waals surface area contributed by atoms with Crippen LogP contribution >= 0.6 is 0 Å². The van der Waals surface area contributed by atoms with Crippen molar-refractivity contribution in [2.45, 2.75) is 0 Å². The van der Waals surface area contributed by atoms with E-state index in [-0.39, 0.29) is 0 Å². The third kappa shape index (κ3) is 4.34. The quantitative estimate of drug-likeness (QED) is 0.183. The SMILES string of the molecule is c1ccc(N(c2ccccc2)c2ccc3oc4cccc(-c5cccc6c5oc5ccc(-c7cccc8c7oc7ccccc78)cc56)c4c3c2)cc1. The Morgan fingerprint density at radius 3 is 1.65 bits per heavy atom. The molecule has 0 bridgehead atoms. The van der Waals surface area contributed by atoms with E-state index in [4.69, 9.17) is 13.3 Å². The van der Waals surface area contributed by atoms with E-state index in [1.54, 1.807) is 0 Å². The maximum Gasteiger partial charge on any atom is 0.143 e. The van der Waals surface area contributed by atoms with Gasteiger partial charge in [0.1, 0.15) is 33.5 Å². The van der Waals surface area contributed by atoms with Gasteiger partial charge in [-0.05, 0) is 77.9 Å². The lowest BCUT2D eigenvalue weighted by molar-refractivity contribution is 0.668. The minimum Gasteiger partial charge on any atom is -0.456 e. The van der Waals surface area contributed by atoms with Gasteiger partial charge in [0.2, 0.25) is 0 Å². The summed E-state index contributed by atoms with van der Waals surface area (Å²) in [5.41, 5.74) is 12.6. The maximum absolute atomic E-state index is 6.72. The van der Waals surface area contributed by atoms with Crippen LogP contribution in [-0.2, 0) is 0 Å². The fourth-order valence-corrected chi connectivity index (χ4v) is 7.93. The predicted molar refractivity (Wildman–Crippen MR) is 214 cm³/mol. The Morgan fingerprint density at radius 1 is 0.308 bits per heavy atom. The van der Waals surface area contributed by atoms with Crippen LogP contribution in [0, 0.1) is 0 Å². The Kier molecular flexibility index (Phi) is 6.22. The molecule has 0 spiro atoms. The van der Waals surface area contributed by atoms with Crippen LogP contribution in [0.25, 0.3) is 88.1 Å². The summed E-state index contributed by atoms with van der Waals surface area (Å²) in [7, 11) is 0. The van der Waals surface area contributed by atoms with Crippen molar-refractivity contribution in [1.29, 1.82) is 0 Å². The van der Waals surface area contributed by atoms with E-state index >= 15 is 0 Å². The van der Waals surface area contributed by atoms with Crippen molar-refractivity contribution in [3.8, 4) is 22.3 Å². The van der Waals surface area contributed by atoms with Crippen molar-refractivity contribution in [3.05, 3.63) is 176 Å². The highest BCUT2D eigenvalue weighted by Gasteiger charge is 2.20. The molecule has 3 heterocycles. The normalized spacial score (nSPS) is 11.8. The number of fused-ring (bicyclic) bond motifs is 9. The zero-order valence-electron chi connectivity index (χ0n) is 27.9. The van der Waals surface area contributed by atoms with Gasteiger partial charge in [0.25, 0.3) is 0 Å². The fourth-order valence-electron chi connectivity index (χ4n) is 7.93. The van der Waals surface area contributed by atoms with E-state index in [1.165, 1.54) is 0 Å². The van der Waals surface area contributed by atoms with E-state index in [9.17, 15) is 0 Å². The van der Waals surface area contributed by atoms with Crippen LogP contribution in [0.15, 0.2) is 189 Å². The lowest BCUT2D eigenvalue weighted by Crippen LogP contribution is -2.09. The maximum atomic E-state index is 6.72. The Bertz CT molecular complexity index is 3090. The molecule has 0 radical (unpaired) electrons. The summed E-state index contributed by atoms with van der Waals surface area (Å²) in [6.07, 6.45) is 0. The Hall–Kier alpha value is -7.04. The molecule has 52 heavy (non-hydrogen) atoms. The van der Waals surface area contributed by atoms with Crippen molar-refractivity contribution < 1.29 is 13.3 Å². The third-order valence-electron chi connectivity index (χ3n) is 10.3. The average Bonchev–Trinajstić information content (AvgIpc) is 3.90. The zero-order chi connectivity index (χ0) is 34.2. The first-order chi connectivity index (χ1) is 25.8. The lowest BCUT2D eigenvalue weighted by atomic mass is 9.96. The number of nitrogens with zero attached hydrogens (tertiary/aromatic N) is 1. The smallest absolute Gasteiger partial charge is 0.143 e. The first kappa shape index (κ1) is 28.8. The van der Waals surface area contributed by atoms with Crippen LogP contribution < -0.4 is 4.90 Å². The molecule has 0 fully saturated rings. The van der Waals surface area contributed by atoms with Crippen LogP contribution in [-0.4, -0.2) is 0 Å². The molecule has 0 saturated heterocycles. The third-order valence-corrected chi connectivity index (χ3v) is 10.3. The first-order valence-corrected chi connectivity index (χ1v) is 17.5. The van der Waals surface area contributed by atoms with Crippen molar-refractivity contribution >= 4 is 82.9 Å². The number of benzene rings is 8. The molecule has 0 saturated carbocycles. The molecule has 11 rings (SSSR count). The van der Waals surface area contributed by atoms with Gasteiger partial charge in [-0.2, -0.15) is 0 Å². The number of furan rings is 3. The van der Waals surface area contributed by atoms with Crippen molar-refractivity contribution in [1.82, 2.24) is 0 Å². The molecular weight excluding hydrogens is 639 g/mol. The summed E-state index contributed by atoms with van der Waals surface area (Å²) in [6, 6.07) is 61.2. The minimum absolute atomic E-state index is 0.838. The molecule has 11 aromatic rings. The van der Waals surface area contributed by atoms with Gasteiger partial charge in [-0.3, -0.25) is 0 Å². The van der Waals surface area contributed by atoms with Crippen LogP contribution in [0.5, 0.6) is 0 Å². The van der Waals surface area contributed by atoms with Gasteiger partial charge in [0.15, 0.2) is 0 Å². The van der Waals surface area contributed by atoms with E-state index in [1.807, 2.05) is 30.3 Å². The highest BCUT2D eigenvalue weighted by Crippen LogP contribution is 2.45. The van der Waals surface area contributed by atoms with Crippen LogP contribution in [0.4, 0.5) is 17.1 Å².